The van der Waals surface area contributed by atoms with E-state index in [1.807, 2.05) is 18.6 Å². The van der Waals surface area contributed by atoms with Gasteiger partial charge in [0.25, 0.3) is 0 Å². The van der Waals surface area contributed by atoms with Crippen LogP contribution in [0.1, 0.15) is 31.4 Å². The predicted molar refractivity (Wildman–Crippen MR) is 87.0 cm³/mol. The molecule has 0 saturated heterocycles. The highest BCUT2D eigenvalue weighted by Crippen LogP contribution is 2.10. The highest BCUT2D eigenvalue weighted by atomic mass is 15.1. The Morgan fingerprint density at radius 1 is 1.00 bits per heavy atom. The number of hydrogen-bond donors (Lipinski definition) is 1. The van der Waals surface area contributed by atoms with Crippen molar-refractivity contribution >= 4 is 5.82 Å². The van der Waals surface area contributed by atoms with Gasteiger partial charge in [-0.05, 0) is 42.3 Å². The predicted octanol–water partition coefficient (Wildman–Crippen LogP) is 3.32. The maximum Gasteiger partial charge on any atom is 0.125 e. The fourth-order valence-electron chi connectivity index (χ4n) is 2.16. The summed E-state index contributed by atoms with van der Waals surface area (Å²) < 4.78 is 0. The van der Waals surface area contributed by atoms with Crippen LogP contribution >= 0.6 is 0 Å². The maximum absolute atomic E-state index is 4.46. The van der Waals surface area contributed by atoms with Crippen molar-refractivity contribution in [1.82, 2.24) is 14.9 Å². The van der Waals surface area contributed by atoms with Crippen molar-refractivity contribution in [1.29, 1.82) is 0 Å². The van der Waals surface area contributed by atoms with Crippen LogP contribution in [0.5, 0.6) is 0 Å². The average molecular weight is 284 g/mol. The molecule has 4 heteroatoms. The van der Waals surface area contributed by atoms with Crippen molar-refractivity contribution in [3.8, 4) is 0 Å². The summed E-state index contributed by atoms with van der Waals surface area (Å²) in [7, 11) is 0. The van der Waals surface area contributed by atoms with Crippen molar-refractivity contribution in [2.75, 3.05) is 18.4 Å². The molecule has 112 valence electrons. The van der Waals surface area contributed by atoms with E-state index in [0.29, 0.717) is 0 Å². The molecule has 0 aliphatic rings. The first-order chi connectivity index (χ1) is 10.3. The van der Waals surface area contributed by atoms with E-state index >= 15 is 0 Å². The summed E-state index contributed by atoms with van der Waals surface area (Å²) in [4.78, 5) is 10.9. The van der Waals surface area contributed by atoms with E-state index in [9.17, 15) is 0 Å². The van der Waals surface area contributed by atoms with Crippen molar-refractivity contribution in [2.45, 2.75) is 33.4 Å². The van der Waals surface area contributed by atoms with Gasteiger partial charge in [0.15, 0.2) is 0 Å². The second-order valence-electron chi connectivity index (χ2n) is 5.14. The number of nitrogens with zero attached hydrogens (tertiary/aromatic N) is 3. The fourth-order valence-corrected chi connectivity index (χ4v) is 2.16. The Morgan fingerprint density at radius 3 is 2.38 bits per heavy atom. The Bertz CT molecular complexity index is 510. The van der Waals surface area contributed by atoms with Gasteiger partial charge >= 0.3 is 0 Å². The van der Waals surface area contributed by atoms with Gasteiger partial charge in [0.2, 0.25) is 0 Å². The summed E-state index contributed by atoms with van der Waals surface area (Å²) in [5, 5.41) is 3.30. The molecule has 0 radical (unpaired) electrons. The van der Waals surface area contributed by atoms with Gasteiger partial charge in [-0.25, -0.2) is 4.98 Å². The average Bonchev–Trinajstić information content (AvgIpc) is 2.54. The Morgan fingerprint density at radius 2 is 1.76 bits per heavy atom. The minimum absolute atomic E-state index is 0.917. The SMILES string of the molecule is CCCNc1ccc(CN(CC)Cc2ccncc2)cn1. The lowest BCUT2D eigenvalue weighted by atomic mass is 10.2. The van der Waals surface area contributed by atoms with E-state index in [2.05, 4.69) is 58.3 Å². The second kappa shape index (κ2) is 8.37. The van der Waals surface area contributed by atoms with Gasteiger partial charge in [0.1, 0.15) is 5.82 Å². The van der Waals surface area contributed by atoms with Crippen LogP contribution in [0.4, 0.5) is 5.82 Å². The molecule has 0 fully saturated rings. The molecule has 0 bridgehead atoms. The third-order valence-electron chi connectivity index (χ3n) is 3.39. The lowest BCUT2D eigenvalue weighted by Gasteiger charge is -2.20. The fraction of sp³-hybridized carbons (Fsp3) is 0.412. The first kappa shape index (κ1) is 15.4. The number of nitrogens with one attached hydrogen (secondary N) is 1. The summed E-state index contributed by atoms with van der Waals surface area (Å²) in [5.41, 5.74) is 2.54. The zero-order valence-corrected chi connectivity index (χ0v) is 12.9. The quantitative estimate of drug-likeness (QED) is 0.807. The summed E-state index contributed by atoms with van der Waals surface area (Å²) in [5.74, 6) is 0.956. The zero-order chi connectivity index (χ0) is 14.9. The molecule has 0 spiro atoms. The number of pyridine rings is 2. The summed E-state index contributed by atoms with van der Waals surface area (Å²) in [6.07, 6.45) is 6.77. The Balaban J connectivity index is 1.92. The minimum atomic E-state index is 0.917. The van der Waals surface area contributed by atoms with Crippen LogP contribution in [0.2, 0.25) is 0 Å². The van der Waals surface area contributed by atoms with Crippen LogP contribution in [0, 0.1) is 0 Å². The lowest BCUT2D eigenvalue weighted by Crippen LogP contribution is -2.22. The normalized spacial score (nSPS) is 10.8. The number of anilines is 1. The molecule has 1 N–H and O–H groups in total. The maximum atomic E-state index is 4.46. The van der Waals surface area contributed by atoms with Crippen LogP contribution in [0.15, 0.2) is 42.9 Å². The van der Waals surface area contributed by atoms with Gasteiger partial charge in [0, 0.05) is 38.2 Å². The monoisotopic (exact) mass is 284 g/mol. The number of hydrogen-bond acceptors (Lipinski definition) is 4. The van der Waals surface area contributed by atoms with Gasteiger partial charge in [-0.3, -0.25) is 9.88 Å². The highest BCUT2D eigenvalue weighted by molar-refractivity contribution is 5.35. The largest absolute Gasteiger partial charge is 0.370 e. The van der Waals surface area contributed by atoms with Gasteiger partial charge in [-0.15, -0.1) is 0 Å². The van der Waals surface area contributed by atoms with Gasteiger partial charge in [-0.1, -0.05) is 19.9 Å². The molecule has 0 aliphatic carbocycles. The van der Waals surface area contributed by atoms with E-state index in [-0.39, 0.29) is 0 Å². The third-order valence-corrected chi connectivity index (χ3v) is 3.39. The molecule has 2 rings (SSSR count). The van der Waals surface area contributed by atoms with Crippen LogP contribution in [-0.4, -0.2) is 28.0 Å². The van der Waals surface area contributed by atoms with Crippen LogP contribution in [-0.2, 0) is 13.1 Å². The smallest absolute Gasteiger partial charge is 0.125 e. The molecule has 0 atom stereocenters. The summed E-state index contributed by atoms with van der Waals surface area (Å²) in [6.45, 7) is 8.17. The Kier molecular flexibility index (Phi) is 6.16. The molecule has 2 aromatic heterocycles. The van der Waals surface area contributed by atoms with E-state index in [1.165, 1.54) is 11.1 Å². The number of rotatable bonds is 8. The van der Waals surface area contributed by atoms with Crippen molar-refractivity contribution in [3.05, 3.63) is 54.0 Å². The molecule has 4 nitrogen and oxygen atoms in total. The molecule has 2 aromatic rings. The molecule has 0 amide bonds. The first-order valence-electron chi connectivity index (χ1n) is 7.62. The molecule has 0 saturated carbocycles. The van der Waals surface area contributed by atoms with Crippen molar-refractivity contribution in [2.24, 2.45) is 0 Å². The topological polar surface area (TPSA) is 41.0 Å². The standard InChI is InChI=1S/C17H24N4/c1-3-9-19-17-6-5-16(12-20-17)14-21(4-2)13-15-7-10-18-11-8-15/h5-8,10-12H,3-4,9,13-14H2,1-2H3,(H,19,20). The Labute approximate surface area is 127 Å². The second-order valence-corrected chi connectivity index (χ2v) is 5.14. The molecular weight excluding hydrogens is 260 g/mol. The third kappa shape index (κ3) is 5.16. The molecule has 0 unspecified atom stereocenters. The van der Waals surface area contributed by atoms with Crippen LogP contribution in [0.3, 0.4) is 0 Å². The molecule has 21 heavy (non-hydrogen) atoms. The summed E-state index contributed by atoms with van der Waals surface area (Å²) >= 11 is 0. The lowest BCUT2D eigenvalue weighted by molar-refractivity contribution is 0.271. The minimum Gasteiger partial charge on any atom is -0.370 e. The van der Waals surface area contributed by atoms with E-state index < -0.39 is 0 Å². The highest BCUT2D eigenvalue weighted by Gasteiger charge is 2.05. The van der Waals surface area contributed by atoms with Gasteiger partial charge < -0.3 is 5.32 Å². The van der Waals surface area contributed by atoms with Crippen LogP contribution in [0.25, 0.3) is 0 Å². The molecule has 2 heterocycles. The summed E-state index contributed by atoms with van der Waals surface area (Å²) in [6, 6.07) is 8.35. The molecular formula is C17H24N4. The van der Waals surface area contributed by atoms with Crippen molar-refractivity contribution in [3.63, 3.8) is 0 Å². The van der Waals surface area contributed by atoms with E-state index in [1.54, 1.807) is 0 Å². The molecule has 0 aliphatic heterocycles. The van der Waals surface area contributed by atoms with Gasteiger partial charge in [-0.2, -0.15) is 0 Å². The molecule has 0 aromatic carbocycles. The van der Waals surface area contributed by atoms with Gasteiger partial charge in [0.05, 0.1) is 0 Å². The van der Waals surface area contributed by atoms with E-state index in [0.717, 1.165) is 38.4 Å². The number of aromatic nitrogens is 2. The van der Waals surface area contributed by atoms with E-state index in [4.69, 9.17) is 0 Å². The zero-order valence-electron chi connectivity index (χ0n) is 12.9. The van der Waals surface area contributed by atoms with Crippen molar-refractivity contribution < 1.29 is 0 Å². The Hall–Kier alpha value is -1.94. The van der Waals surface area contributed by atoms with Crippen LogP contribution < -0.4 is 5.32 Å². The first-order valence-corrected chi connectivity index (χ1v) is 7.62.